The number of nitrogens with zero attached hydrogens (tertiary/aromatic N) is 3. The van der Waals surface area contributed by atoms with Gasteiger partial charge in [0.15, 0.2) is 0 Å². The van der Waals surface area contributed by atoms with Crippen LogP contribution < -0.4 is 4.90 Å². The molecule has 1 aliphatic heterocycles. The van der Waals surface area contributed by atoms with Crippen molar-refractivity contribution < 1.29 is 0 Å². The maximum absolute atomic E-state index is 4.75. The molecule has 0 amide bonds. The van der Waals surface area contributed by atoms with Crippen molar-refractivity contribution in [2.45, 2.75) is 32.6 Å². The molecule has 0 aliphatic carbocycles. The quantitative estimate of drug-likeness (QED) is 0.828. The molecule has 1 aromatic heterocycles. The van der Waals surface area contributed by atoms with Crippen molar-refractivity contribution in [1.29, 1.82) is 0 Å². The van der Waals surface area contributed by atoms with Crippen LogP contribution >= 0.6 is 0 Å². The lowest BCUT2D eigenvalue weighted by molar-refractivity contribution is 0.726. The van der Waals surface area contributed by atoms with E-state index in [9.17, 15) is 0 Å². The van der Waals surface area contributed by atoms with E-state index in [0.717, 1.165) is 30.3 Å². The number of aryl methyl sites for hydroxylation is 1. The van der Waals surface area contributed by atoms with E-state index in [0.29, 0.717) is 0 Å². The number of anilines is 1. The first kappa shape index (κ1) is 13.1. The zero-order chi connectivity index (χ0) is 13.8. The minimum absolute atomic E-state index is 0.880. The molecular weight excluding hydrogens is 246 g/mol. The number of rotatable bonds is 2. The van der Waals surface area contributed by atoms with Crippen LogP contribution in [0, 0.1) is 6.92 Å². The molecule has 0 atom stereocenters. The standard InChI is InChI=1S/C17H21N3/c1-14-6-8-15(9-7-14)16-10-11-18-17(19-16)20-12-4-2-3-5-13-20/h6-11H,2-5,12-13H2,1H3. The second-order valence-electron chi connectivity index (χ2n) is 5.51. The molecule has 3 heteroatoms. The molecular formula is C17H21N3. The Morgan fingerprint density at radius 2 is 1.60 bits per heavy atom. The summed E-state index contributed by atoms with van der Waals surface area (Å²) in [5.41, 5.74) is 3.45. The van der Waals surface area contributed by atoms with Gasteiger partial charge in [-0.25, -0.2) is 9.97 Å². The molecule has 0 N–H and O–H groups in total. The second-order valence-corrected chi connectivity index (χ2v) is 5.51. The maximum Gasteiger partial charge on any atom is 0.225 e. The Labute approximate surface area is 120 Å². The van der Waals surface area contributed by atoms with E-state index in [1.807, 2.05) is 12.3 Å². The number of hydrogen-bond acceptors (Lipinski definition) is 3. The smallest absolute Gasteiger partial charge is 0.225 e. The SMILES string of the molecule is Cc1ccc(-c2ccnc(N3CCCCCC3)n2)cc1. The van der Waals surface area contributed by atoms with E-state index in [4.69, 9.17) is 4.98 Å². The van der Waals surface area contributed by atoms with Crippen LogP contribution in [0.5, 0.6) is 0 Å². The minimum atomic E-state index is 0.880. The summed E-state index contributed by atoms with van der Waals surface area (Å²) in [7, 11) is 0. The topological polar surface area (TPSA) is 29.0 Å². The van der Waals surface area contributed by atoms with Gasteiger partial charge in [0.1, 0.15) is 0 Å². The van der Waals surface area contributed by atoms with Crippen LogP contribution in [0.4, 0.5) is 5.95 Å². The Morgan fingerprint density at radius 3 is 2.30 bits per heavy atom. The molecule has 0 unspecified atom stereocenters. The highest BCUT2D eigenvalue weighted by molar-refractivity contribution is 5.60. The van der Waals surface area contributed by atoms with Gasteiger partial charge in [0.05, 0.1) is 5.69 Å². The van der Waals surface area contributed by atoms with Gasteiger partial charge in [-0.15, -0.1) is 0 Å². The van der Waals surface area contributed by atoms with Gasteiger partial charge < -0.3 is 4.90 Å². The van der Waals surface area contributed by atoms with Crippen molar-refractivity contribution in [3.8, 4) is 11.3 Å². The highest BCUT2D eigenvalue weighted by atomic mass is 15.2. The fourth-order valence-corrected chi connectivity index (χ4v) is 2.66. The normalized spacial score (nSPS) is 15.9. The number of aromatic nitrogens is 2. The largest absolute Gasteiger partial charge is 0.341 e. The van der Waals surface area contributed by atoms with Crippen molar-refractivity contribution in [3.05, 3.63) is 42.1 Å². The molecule has 0 saturated carbocycles. The van der Waals surface area contributed by atoms with Crippen molar-refractivity contribution in [2.75, 3.05) is 18.0 Å². The molecule has 0 bridgehead atoms. The van der Waals surface area contributed by atoms with Gasteiger partial charge in [-0.05, 0) is 25.8 Å². The predicted octanol–water partition coefficient (Wildman–Crippen LogP) is 3.83. The average molecular weight is 267 g/mol. The molecule has 2 heterocycles. The summed E-state index contributed by atoms with van der Waals surface area (Å²) in [5.74, 6) is 0.880. The zero-order valence-electron chi connectivity index (χ0n) is 12.0. The summed E-state index contributed by atoms with van der Waals surface area (Å²) in [5, 5.41) is 0. The number of benzene rings is 1. The van der Waals surface area contributed by atoms with Crippen LogP contribution in [0.25, 0.3) is 11.3 Å². The molecule has 3 nitrogen and oxygen atoms in total. The molecule has 104 valence electrons. The van der Waals surface area contributed by atoms with Gasteiger partial charge in [0.25, 0.3) is 0 Å². The summed E-state index contributed by atoms with van der Waals surface area (Å²) >= 11 is 0. The molecule has 20 heavy (non-hydrogen) atoms. The van der Waals surface area contributed by atoms with E-state index < -0.39 is 0 Å². The van der Waals surface area contributed by atoms with Gasteiger partial charge in [0, 0.05) is 24.8 Å². The first-order valence-corrected chi connectivity index (χ1v) is 7.48. The summed E-state index contributed by atoms with van der Waals surface area (Å²) in [6.45, 7) is 4.27. The maximum atomic E-state index is 4.75. The third-order valence-corrected chi connectivity index (χ3v) is 3.88. The zero-order valence-corrected chi connectivity index (χ0v) is 12.0. The van der Waals surface area contributed by atoms with Crippen molar-refractivity contribution in [1.82, 2.24) is 9.97 Å². The van der Waals surface area contributed by atoms with Crippen LogP contribution in [-0.2, 0) is 0 Å². The van der Waals surface area contributed by atoms with Crippen LogP contribution in [0.2, 0.25) is 0 Å². The predicted molar refractivity (Wildman–Crippen MR) is 82.9 cm³/mol. The van der Waals surface area contributed by atoms with Crippen LogP contribution in [0.3, 0.4) is 0 Å². The lowest BCUT2D eigenvalue weighted by atomic mass is 10.1. The van der Waals surface area contributed by atoms with Gasteiger partial charge in [-0.1, -0.05) is 42.7 Å². The first-order chi connectivity index (χ1) is 9.83. The monoisotopic (exact) mass is 267 g/mol. The highest BCUT2D eigenvalue weighted by Gasteiger charge is 2.13. The summed E-state index contributed by atoms with van der Waals surface area (Å²) in [4.78, 5) is 11.5. The lowest BCUT2D eigenvalue weighted by Crippen LogP contribution is -2.26. The van der Waals surface area contributed by atoms with E-state index in [1.54, 1.807) is 0 Å². The molecule has 3 rings (SSSR count). The fraction of sp³-hybridized carbons (Fsp3) is 0.412. The van der Waals surface area contributed by atoms with E-state index >= 15 is 0 Å². The van der Waals surface area contributed by atoms with Gasteiger partial charge in [-0.2, -0.15) is 0 Å². The van der Waals surface area contributed by atoms with E-state index in [-0.39, 0.29) is 0 Å². The summed E-state index contributed by atoms with van der Waals surface area (Å²) in [6.07, 6.45) is 7.03. The summed E-state index contributed by atoms with van der Waals surface area (Å²) < 4.78 is 0. The molecule has 1 fully saturated rings. The molecule has 1 aliphatic rings. The lowest BCUT2D eigenvalue weighted by Gasteiger charge is -2.20. The van der Waals surface area contributed by atoms with E-state index in [1.165, 1.54) is 31.2 Å². The Hall–Kier alpha value is -1.90. The average Bonchev–Trinajstić information content (AvgIpc) is 2.77. The molecule has 0 spiro atoms. The highest BCUT2D eigenvalue weighted by Crippen LogP contribution is 2.21. The molecule has 1 saturated heterocycles. The van der Waals surface area contributed by atoms with Crippen molar-refractivity contribution in [2.24, 2.45) is 0 Å². The Bertz CT molecular complexity index is 555. The van der Waals surface area contributed by atoms with Crippen molar-refractivity contribution in [3.63, 3.8) is 0 Å². The summed E-state index contributed by atoms with van der Waals surface area (Å²) in [6, 6.07) is 10.5. The Kier molecular flexibility index (Phi) is 3.95. The fourth-order valence-electron chi connectivity index (χ4n) is 2.66. The van der Waals surface area contributed by atoms with Gasteiger partial charge in [0.2, 0.25) is 5.95 Å². The minimum Gasteiger partial charge on any atom is -0.341 e. The Balaban J connectivity index is 1.86. The Morgan fingerprint density at radius 1 is 0.900 bits per heavy atom. The second kappa shape index (κ2) is 6.04. The van der Waals surface area contributed by atoms with Crippen LogP contribution in [-0.4, -0.2) is 23.1 Å². The third-order valence-electron chi connectivity index (χ3n) is 3.88. The van der Waals surface area contributed by atoms with Crippen LogP contribution in [0.15, 0.2) is 36.5 Å². The van der Waals surface area contributed by atoms with Crippen LogP contribution in [0.1, 0.15) is 31.2 Å². The van der Waals surface area contributed by atoms with Gasteiger partial charge in [-0.3, -0.25) is 0 Å². The third kappa shape index (κ3) is 2.98. The van der Waals surface area contributed by atoms with E-state index in [2.05, 4.69) is 41.1 Å². The molecule has 1 aromatic carbocycles. The molecule has 0 radical (unpaired) electrons. The molecule has 2 aromatic rings. The number of hydrogen-bond donors (Lipinski definition) is 0. The van der Waals surface area contributed by atoms with Gasteiger partial charge >= 0.3 is 0 Å². The van der Waals surface area contributed by atoms with Crippen molar-refractivity contribution >= 4 is 5.95 Å². The first-order valence-electron chi connectivity index (χ1n) is 7.48.